The van der Waals surface area contributed by atoms with Crippen molar-refractivity contribution in [2.24, 2.45) is 0 Å². The van der Waals surface area contributed by atoms with Crippen LogP contribution in [0.4, 0.5) is 4.39 Å². The van der Waals surface area contributed by atoms with Crippen molar-refractivity contribution in [3.63, 3.8) is 0 Å². The van der Waals surface area contributed by atoms with Gasteiger partial charge in [-0.25, -0.2) is 4.79 Å². The van der Waals surface area contributed by atoms with Crippen molar-refractivity contribution in [2.75, 3.05) is 13.3 Å². The van der Waals surface area contributed by atoms with Gasteiger partial charge >= 0.3 is 5.97 Å². The minimum atomic E-state index is -0.789. The number of aliphatic hydroxyl groups is 1. The third-order valence-electron chi connectivity index (χ3n) is 2.09. The molecule has 1 rings (SSSR count). The molecule has 0 spiro atoms. The van der Waals surface area contributed by atoms with E-state index >= 15 is 0 Å². The lowest BCUT2D eigenvalue weighted by Gasteiger charge is -2.10. The van der Waals surface area contributed by atoms with Gasteiger partial charge in [0.1, 0.15) is 6.61 Å². The zero-order valence-corrected chi connectivity index (χ0v) is 8.93. The van der Waals surface area contributed by atoms with E-state index in [4.69, 9.17) is 4.74 Å². The summed E-state index contributed by atoms with van der Waals surface area (Å²) < 4.78 is 16.7. The van der Waals surface area contributed by atoms with Gasteiger partial charge in [0, 0.05) is 0 Å². The molecule has 0 heterocycles. The quantitative estimate of drug-likeness (QED) is 0.754. The summed E-state index contributed by atoms with van der Waals surface area (Å²) in [7, 11) is 0. The predicted octanol–water partition coefficient (Wildman–Crippen LogP) is 1.95. The Hall–Kier alpha value is -1.42. The monoisotopic (exact) mass is 226 g/mol. The molecule has 16 heavy (non-hydrogen) atoms. The Morgan fingerprint density at radius 1 is 1.38 bits per heavy atom. The molecular formula is C12H15FO3. The number of ether oxygens (including phenoxy) is 1. The normalized spacial score (nSPS) is 12.1. The second-order valence-electron chi connectivity index (χ2n) is 3.45. The molecular weight excluding hydrogens is 211 g/mol. The van der Waals surface area contributed by atoms with Crippen LogP contribution in [0.5, 0.6) is 0 Å². The van der Waals surface area contributed by atoms with E-state index in [1.165, 1.54) is 0 Å². The zero-order chi connectivity index (χ0) is 11.8. The van der Waals surface area contributed by atoms with Crippen molar-refractivity contribution in [1.82, 2.24) is 0 Å². The number of rotatable bonds is 6. The highest BCUT2D eigenvalue weighted by atomic mass is 19.1. The van der Waals surface area contributed by atoms with E-state index in [1.807, 2.05) is 0 Å². The van der Waals surface area contributed by atoms with Gasteiger partial charge in [0.25, 0.3) is 0 Å². The number of benzene rings is 1. The van der Waals surface area contributed by atoms with Crippen LogP contribution in [0.15, 0.2) is 30.3 Å². The largest absolute Gasteiger partial charge is 0.459 e. The standard InChI is InChI=1S/C12H15FO3/c13-8-4-7-11(14)9-16-12(15)10-5-2-1-3-6-10/h1-3,5-6,11,14H,4,7-9H2. The molecule has 1 unspecified atom stereocenters. The van der Waals surface area contributed by atoms with Crippen LogP contribution in [-0.2, 0) is 4.74 Å². The topological polar surface area (TPSA) is 46.5 Å². The average molecular weight is 226 g/mol. The van der Waals surface area contributed by atoms with Gasteiger partial charge in [0.15, 0.2) is 0 Å². The number of hydrogen-bond acceptors (Lipinski definition) is 3. The van der Waals surface area contributed by atoms with Crippen molar-refractivity contribution in [3.05, 3.63) is 35.9 Å². The van der Waals surface area contributed by atoms with Crippen molar-refractivity contribution in [3.8, 4) is 0 Å². The molecule has 0 saturated heterocycles. The molecule has 0 aromatic heterocycles. The first-order chi connectivity index (χ1) is 7.74. The SMILES string of the molecule is O=C(OCC(O)CCCF)c1ccccc1. The average Bonchev–Trinajstić information content (AvgIpc) is 2.34. The molecule has 0 bridgehead atoms. The second kappa shape index (κ2) is 6.95. The summed E-state index contributed by atoms with van der Waals surface area (Å²) in [5.41, 5.74) is 0.445. The van der Waals surface area contributed by atoms with Crippen LogP contribution in [0.25, 0.3) is 0 Å². The van der Waals surface area contributed by atoms with E-state index in [-0.39, 0.29) is 13.0 Å². The fraction of sp³-hybridized carbons (Fsp3) is 0.417. The molecule has 88 valence electrons. The van der Waals surface area contributed by atoms with Crippen LogP contribution in [0, 0.1) is 0 Å². The Bertz CT molecular complexity index is 313. The smallest absolute Gasteiger partial charge is 0.338 e. The summed E-state index contributed by atoms with van der Waals surface area (Å²) in [6.45, 7) is -0.558. The van der Waals surface area contributed by atoms with Crippen LogP contribution in [0.1, 0.15) is 23.2 Å². The van der Waals surface area contributed by atoms with Crippen LogP contribution in [-0.4, -0.2) is 30.5 Å². The summed E-state index contributed by atoms with van der Waals surface area (Å²) in [5, 5.41) is 9.33. The molecule has 0 radical (unpaired) electrons. The van der Waals surface area contributed by atoms with Gasteiger partial charge in [0.05, 0.1) is 18.3 Å². The molecule has 0 fully saturated rings. The molecule has 3 nitrogen and oxygen atoms in total. The Balaban J connectivity index is 2.30. The Morgan fingerprint density at radius 2 is 2.06 bits per heavy atom. The summed E-state index contributed by atoms with van der Waals surface area (Å²) in [4.78, 5) is 11.4. The molecule has 1 aromatic carbocycles. The zero-order valence-electron chi connectivity index (χ0n) is 8.93. The van der Waals surface area contributed by atoms with Crippen molar-refractivity contribution < 1.29 is 19.0 Å². The summed E-state index contributed by atoms with van der Waals surface area (Å²) in [6, 6.07) is 8.53. The lowest BCUT2D eigenvalue weighted by atomic mass is 10.2. The molecule has 4 heteroatoms. The van der Waals surface area contributed by atoms with E-state index in [1.54, 1.807) is 30.3 Å². The first-order valence-electron chi connectivity index (χ1n) is 5.20. The Kier molecular flexibility index (Phi) is 5.50. The highest BCUT2D eigenvalue weighted by Gasteiger charge is 2.10. The van der Waals surface area contributed by atoms with Crippen LogP contribution < -0.4 is 0 Å². The fourth-order valence-corrected chi connectivity index (χ4v) is 1.23. The highest BCUT2D eigenvalue weighted by molar-refractivity contribution is 5.89. The number of carbonyl (C=O) groups is 1. The Morgan fingerprint density at radius 3 is 2.69 bits per heavy atom. The third kappa shape index (κ3) is 4.40. The number of aliphatic hydroxyl groups excluding tert-OH is 1. The third-order valence-corrected chi connectivity index (χ3v) is 2.09. The van der Waals surface area contributed by atoms with Crippen LogP contribution in [0.3, 0.4) is 0 Å². The predicted molar refractivity (Wildman–Crippen MR) is 57.9 cm³/mol. The van der Waals surface area contributed by atoms with Gasteiger partial charge in [0.2, 0.25) is 0 Å². The number of hydrogen-bond donors (Lipinski definition) is 1. The van der Waals surface area contributed by atoms with Gasteiger partial charge < -0.3 is 9.84 Å². The highest BCUT2D eigenvalue weighted by Crippen LogP contribution is 2.03. The minimum Gasteiger partial charge on any atom is -0.459 e. The molecule has 0 aliphatic heterocycles. The lowest BCUT2D eigenvalue weighted by Crippen LogP contribution is -2.18. The van der Waals surface area contributed by atoms with E-state index in [9.17, 15) is 14.3 Å². The summed E-state index contributed by atoms with van der Waals surface area (Å²) >= 11 is 0. The molecule has 0 aliphatic rings. The molecule has 0 aliphatic carbocycles. The maximum absolute atomic E-state index is 11.8. The van der Waals surface area contributed by atoms with Gasteiger partial charge in [-0.15, -0.1) is 0 Å². The second-order valence-corrected chi connectivity index (χ2v) is 3.45. The molecule has 1 N–H and O–H groups in total. The fourth-order valence-electron chi connectivity index (χ4n) is 1.23. The van der Waals surface area contributed by atoms with Gasteiger partial charge in [-0.1, -0.05) is 18.2 Å². The minimum absolute atomic E-state index is 0.0896. The van der Waals surface area contributed by atoms with Gasteiger partial charge in [-0.3, -0.25) is 4.39 Å². The Labute approximate surface area is 93.9 Å². The molecule has 1 aromatic rings. The number of carbonyl (C=O) groups excluding carboxylic acids is 1. The molecule has 0 saturated carbocycles. The van der Waals surface area contributed by atoms with Crippen molar-refractivity contribution >= 4 is 5.97 Å². The maximum Gasteiger partial charge on any atom is 0.338 e. The molecule has 0 amide bonds. The summed E-state index contributed by atoms with van der Waals surface area (Å²) in [6.07, 6.45) is -0.203. The van der Waals surface area contributed by atoms with Crippen LogP contribution in [0.2, 0.25) is 0 Å². The van der Waals surface area contributed by atoms with Gasteiger partial charge in [-0.05, 0) is 25.0 Å². The van der Waals surface area contributed by atoms with Crippen LogP contribution >= 0.6 is 0 Å². The van der Waals surface area contributed by atoms with Crippen molar-refractivity contribution in [2.45, 2.75) is 18.9 Å². The first kappa shape index (κ1) is 12.6. The maximum atomic E-state index is 11.8. The number of alkyl halides is 1. The van der Waals surface area contributed by atoms with Crippen molar-refractivity contribution in [1.29, 1.82) is 0 Å². The number of esters is 1. The first-order valence-corrected chi connectivity index (χ1v) is 5.20. The number of halogens is 1. The van der Waals surface area contributed by atoms with E-state index in [0.717, 1.165) is 0 Å². The van der Waals surface area contributed by atoms with E-state index < -0.39 is 18.7 Å². The molecule has 1 atom stereocenters. The lowest BCUT2D eigenvalue weighted by molar-refractivity contribution is 0.0231. The van der Waals surface area contributed by atoms with E-state index in [0.29, 0.717) is 12.0 Å². The summed E-state index contributed by atoms with van der Waals surface area (Å²) in [5.74, 6) is -0.472. The van der Waals surface area contributed by atoms with Gasteiger partial charge in [-0.2, -0.15) is 0 Å². The van der Waals surface area contributed by atoms with E-state index in [2.05, 4.69) is 0 Å².